The van der Waals surface area contributed by atoms with Crippen molar-refractivity contribution in [2.75, 3.05) is 11.4 Å². The minimum Gasteiger partial charge on any atom is -0.312 e. The average Bonchev–Trinajstić information content (AvgIpc) is 3.39. The van der Waals surface area contributed by atoms with Crippen molar-refractivity contribution in [2.45, 2.75) is 51.0 Å². The largest absolute Gasteiger partial charge is 0.312 e. The van der Waals surface area contributed by atoms with Crippen LogP contribution in [-0.2, 0) is 21.2 Å². The third-order valence-electron chi connectivity index (χ3n) is 5.67. The second-order valence-electron chi connectivity index (χ2n) is 8.01. The summed E-state index contributed by atoms with van der Waals surface area (Å²) in [4.78, 5) is 14.5. The first kappa shape index (κ1) is 19.2. The lowest BCUT2D eigenvalue weighted by Crippen LogP contribution is -2.30. The Morgan fingerprint density at radius 2 is 1.89 bits per heavy atom. The Kier molecular flexibility index (Phi) is 4.79. The molecule has 4 rings (SSSR count). The molecule has 1 saturated carbocycles. The maximum Gasteiger partial charge on any atom is 0.241 e. The predicted molar refractivity (Wildman–Crippen MR) is 110 cm³/mol. The van der Waals surface area contributed by atoms with Crippen molar-refractivity contribution in [3.8, 4) is 0 Å². The standard InChI is InChI=1S/C22H26N2O3S/c1-14-4-8-20(15(2)12-14)16(3)23-28(26,27)19-7-9-21-18(13-19)10-11-24(21)22(25)17-5-6-17/h4,7-9,12-13,16-17,23H,5-6,10-11H2,1-3H3. The first-order chi connectivity index (χ1) is 13.3. The number of rotatable bonds is 5. The summed E-state index contributed by atoms with van der Waals surface area (Å²) < 4.78 is 28.7. The van der Waals surface area contributed by atoms with E-state index >= 15 is 0 Å². The highest BCUT2D eigenvalue weighted by Gasteiger charge is 2.36. The molecule has 1 unspecified atom stereocenters. The summed E-state index contributed by atoms with van der Waals surface area (Å²) in [6, 6.07) is 10.8. The van der Waals surface area contributed by atoms with Crippen molar-refractivity contribution in [1.82, 2.24) is 4.72 Å². The van der Waals surface area contributed by atoms with Gasteiger partial charge in [-0.15, -0.1) is 0 Å². The van der Waals surface area contributed by atoms with Crippen molar-refractivity contribution in [3.63, 3.8) is 0 Å². The summed E-state index contributed by atoms with van der Waals surface area (Å²) in [6.45, 7) is 6.51. The number of fused-ring (bicyclic) bond motifs is 1. The van der Waals surface area contributed by atoms with E-state index in [2.05, 4.69) is 10.8 Å². The third-order valence-corrected chi connectivity index (χ3v) is 7.21. The van der Waals surface area contributed by atoms with Crippen LogP contribution in [0.5, 0.6) is 0 Å². The number of sulfonamides is 1. The topological polar surface area (TPSA) is 66.5 Å². The van der Waals surface area contributed by atoms with Crippen molar-refractivity contribution >= 4 is 21.6 Å². The summed E-state index contributed by atoms with van der Waals surface area (Å²) in [5, 5.41) is 0. The normalized spacial score (nSPS) is 17.5. The highest BCUT2D eigenvalue weighted by molar-refractivity contribution is 7.89. The fraction of sp³-hybridized carbons (Fsp3) is 0.409. The highest BCUT2D eigenvalue weighted by atomic mass is 32.2. The van der Waals surface area contributed by atoms with Gasteiger partial charge in [0, 0.05) is 24.2 Å². The van der Waals surface area contributed by atoms with Gasteiger partial charge in [-0.3, -0.25) is 4.79 Å². The van der Waals surface area contributed by atoms with Gasteiger partial charge in [0.05, 0.1) is 4.90 Å². The zero-order valence-corrected chi connectivity index (χ0v) is 17.3. The number of carbonyl (C=O) groups excluding carboxylic acids is 1. The van der Waals surface area contributed by atoms with E-state index in [4.69, 9.17) is 0 Å². The predicted octanol–water partition coefficient (Wildman–Crippen LogP) is 3.64. The molecule has 0 bridgehead atoms. The molecule has 148 valence electrons. The van der Waals surface area contributed by atoms with E-state index in [1.54, 1.807) is 18.2 Å². The first-order valence-corrected chi connectivity index (χ1v) is 11.3. The van der Waals surface area contributed by atoms with Gasteiger partial charge >= 0.3 is 0 Å². The van der Waals surface area contributed by atoms with E-state index in [0.29, 0.717) is 13.0 Å². The van der Waals surface area contributed by atoms with Crippen LogP contribution in [0, 0.1) is 19.8 Å². The van der Waals surface area contributed by atoms with Crippen LogP contribution in [0.15, 0.2) is 41.3 Å². The fourth-order valence-corrected chi connectivity index (χ4v) is 5.27. The van der Waals surface area contributed by atoms with Gasteiger partial charge in [-0.05, 0) is 74.9 Å². The molecule has 2 aromatic carbocycles. The lowest BCUT2D eigenvalue weighted by Gasteiger charge is -2.19. The number of carbonyl (C=O) groups is 1. The molecular weight excluding hydrogens is 372 g/mol. The van der Waals surface area contributed by atoms with Crippen molar-refractivity contribution in [1.29, 1.82) is 0 Å². The molecule has 1 heterocycles. The minimum atomic E-state index is -3.65. The molecule has 2 aliphatic rings. The summed E-state index contributed by atoms with van der Waals surface area (Å²) in [5.41, 5.74) is 4.98. The van der Waals surface area contributed by atoms with Crippen molar-refractivity contribution in [3.05, 3.63) is 58.7 Å². The van der Waals surface area contributed by atoms with Gasteiger partial charge in [0.1, 0.15) is 0 Å². The quantitative estimate of drug-likeness (QED) is 0.836. The van der Waals surface area contributed by atoms with Crippen LogP contribution in [0.4, 0.5) is 5.69 Å². The molecule has 28 heavy (non-hydrogen) atoms. The Bertz CT molecular complexity index is 1040. The zero-order chi connectivity index (χ0) is 20.1. The maximum absolute atomic E-state index is 12.9. The van der Waals surface area contributed by atoms with Crippen LogP contribution in [0.3, 0.4) is 0 Å². The number of hydrogen-bond acceptors (Lipinski definition) is 3. The fourth-order valence-electron chi connectivity index (χ4n) is 4.00. The molecule has 1 fully saturated rings. The molecule has 0 aromatic heterocycles. The van der Waals surface area contributed by atoms with Gasteiger partial charge in [0.15, 0.2) is 0 Å². The number of nitrogens with zero attached hydrogens (tertiary/aromatic N) is 1. The number of aryl methyl sites for hydroxylation is 2. The Hall–Kier alpha value is -2.18. The SMILES string of the molecule is Cc1ccc(C(C)NS(=O)(=O)c2ccc3c(c2)CCN3C(=O)C2CC2)c(C)c1. The van der Waals surface area contributed by atoms with E-state index in [9.17, 15) is 13.2 Å². The van der Waals surface area contributed by atoms with Crippen LogP contribution in [-0.4, -0.2) is 20.9 Å². The molecule has 1 atom stereocenters. The van der Waals surface area contributed by atoms with Crippen LogP contribution >= 0.6 is 0 Å². The van der Waals surface area contributed by atoms with Crippen LogP contribution in [0.2, 0.25) is 0 Å². The number of nitrogens with one attached hydrogen (secondary N) is 1. The van der Waals surface area contributed by atoms with Crippen molar-refractivity contribution < 1.29 is 13.2 Å². The molecule has 0 radical (unpaired) electrons. The zero-order valence-electron chi connectivity index (χ0n) is 16.5. The van der Waals surface area contributed by atoms with E-state index in [1.165, 1.54) is 0 Å². The lowest BCUT2D eigenvalue weighted by atomic mass is 10.0. The first-order valence-electron chi connectivity index (χ1n) is 9.80. The van der Waals surface area contributed by atoms with Crippen LogP contribution < -0.4 is 9.62 Å². The molecular formula is C22H26N2O3S. The minimum absolute atomic E-state index is 0.162. The number of hydrogen-bond donors (Lipinski definition) is 1. The molecule has 5 nitrogen and oxygen atoms in total. The van der Waals surface area contributed by atoms with Gasteiger partial charge in [0.25, 0.3) is 0 Å². The second kappa shape index (κ2) is 7.01. The number of benzene rings is 2. The monoisotopic (exact) mass is 398 g/mol. The Balaban J connectivity index is 1.56. The molecule has 1 amide bonds. The summed E-state index contributed by atoms with van der Waals surface area (Å²) in [5.74, 6) is 0.338. The van der Waals surface area contributed by atoms with E-state index in [0.717, 1.165) is 40.8 Å². The van der Waals surface area contributed by atoms with Gasteiger partial charge < -0.3 is 4.90 Å². The van der Waals surface area contributed by atoms with Crippen molar-refractivity contribution in [2.24, 2.45) is 5.92 Å². The third kappa shape index (κ3) is 3.59. The van der Waals surface area contributed by atoms with Gasteiger partial charge in [0.2, 0.25) is 15.9 Å². The number of amides is 1. The smallest absolute Gasteiger partial charge is 0.241 e. The average molecular weight is 399 g/mol. The van der Waals surface area contributed by atoms with E-state index in [1.807, 2.05) is 37.8 Å². The molecule has 1 aliphatic carbocycles. The summed E-state index contributed by atoms with van der Waals surface area (Å²) in [6.07, 6.45) is 2.64. The Labute approximate surface area is 166 Å². The molecule has 1 N–H and O–H groups in total. The van der Waals surface area contributed by atoms with E-state index in [-0.39, 0.29) is 22.8 Å². The molecule has 6 heteroatoms. The molecule has 0 saturated heterocycles. The summed E-state index contributed by atoms with van der Waals surface area (Å²) >= 11 is 0. The molecule has 2 aromatic rings. The van der Waals surface area contributed by atoms with Gasteiger partial charge in [-0.1, -0.05) is 23.8 Å². The van der Waals surface area contributed by atoms with Crippen LogP contribution in [0.25, 0.3) is 0 Å². The lowest BCUT2D eigenvalue weighted by molar-refractivity contribution is -0.119. The Morgan fingerprint density at radius 1 is 1.14 bits per heavy atom. The second-order valence-corrected chi connectivity index (χ2v) is 9.72. The maximum atomic E-state index is 12.9. The number of anilines is 1. The molecule has 1 aliphatic heterocycles. The summed E-state index contributed by atoms with van der Waals surface area (Å²) in [7, 11) is -3.65. The van der Waals surface area contributed by atoms with E-state index < -0.39 is 10.0 Å². The molecule has 0 spiro atoms. The highest BCUT2D eigenvalue weighted by Crippen LogP contribution is 2.37. The van der Waals surface area contributed by atoms with Gasteiger partial charge in [-0.2, -0.15) is 0 Å². The van der Waals surface area contributed by atoms with Crippen LogP contribution in [0.1, 0.15) is 48.1 Å². The Morgan fingerprint density at radius 3 is 2.57 bits per heavy atom. The van der Waals surface area contributed by atoms with Gasteiger partial charge in [-0.25, -0.2) is 13.1 Å².